The summed E-state index contributed by atoms with van der Waals surface area (Å²) in [6.45, 7) is 2.11. The normalized spacial score (nSPS) is 15.4. The Morgan fingerprint density at radius 2 is 1.80 bits per heavy atom. The Morgan fingerprint density at radius 3 is 2.33 bits per heavy atom. The molecule has 0 unspecified atom stereocenters. The summed E-state index contributed by atoms with van der Waals surface area (Å²) in [7, 11) is -2.76. The zero-order valence-electron chi connectivity index (χ0n) is 17.2. The fourth-order valence-electron chi connectivity index (χ4n) is 3.69. The lowest BCUT2D eigenvalue weighted by Crippen LogP contribution is -2.39. The number of ether oxygens (including phenoxy) is 1. The fourth-order valence-corrected chi connectivity index (χ4v) is 5.32. The van der Waals surface area contributed by atoms with Gasteiger partial charge in [-0.3, -0.25) is 9.59 Å². The first-order chi connectivity index (χ1) is 14.4. The summed E-state index contributed by atoms with van der Waals surface area (Å²) in [6, 6.07) is 14.9. The Kier molecular flexibility index (Phi) is 6.89. The monoisotopic (exact) mass is 430 g/mol. The van der Waals surface area contributed by atoms with Gasteiger partial charge in [0.15, 0.2) is 0 Å². The molecular formula is C22H26N2O5S. The van der Waals surface area contributed by atoms with Crippen LogP contribution in [-0.4, -0.2) is 44.8 Å². The van der Waals surface area contributed by atoms with E-state index in [0.717, 1.165) is 12.0 Å². The fraction of sp³-hybridized carbons (Fsp3) is 0.364. The van der Waals surface area contributed by atoms with Gasteiger partial charge in [-0.2, -0.15) is 4.31 Å². The first-order valence-electron chi connectivity index (χ1n) is 9.92. The molecule has 0 spiro atoms. The highest BCUT2D eigenvalue weighted by molar-refractivity contribution is 7.89. The first kappa shape index (κ1) is 22.0. The first-order valence-corrected chi connectivity index (χ1v) is 11.4. The Bertz CT molecular complexity index is 990. The highest BCUT2D eigenvalue weighted by Crippen LogP contribution is 2.31. The summed E-state index contributed by atoms with van der Waals surface area (Å²) in [5, 5.41) is 0. The topological polar surface area (TPSA) is 84.0 Å². The number of esters is 1. The number of carbonyl (C=O) groups excluding carboxylic acids is 2. The van der Waals surface area contributed by atoms with Gasteiger partial charge in [0, 0.05) is 18.7 Å². The van der Waals surface area contributed by atoms with Crippen molar-refractivity contribution in [1.29, 1.82) is 0 Å². The van der Waals surface area contributed by atoms with Gasteiger partial charge in [-0.1, -0.05) is 37.3 Å². The number of carbonyl (C=O) groups is 2. The number of amides is 1. The highest BCUT2D eigenvalue weighted by Gasteiger charge is 2.34. The average molecular weight is 431 g/mol. The van der Waals surface area contributed by atoms with Gasteiger partial charge in [0.1, 0.15) is 6.54 Å². The minimum atomic E-state index is -3.99. The lowest BCUT2D eigenvalue weighted by molar-refractivity contribution is -0.141. The third-order valence-electron chi connectivity index (χ3n) is 5.26. The van der Waals surface area contributed by atoms with Crippen molar-refractivity contribution in [2.45, 2.75) is 37.1 Å². The van der Waals surface area contributed by atoms with Gasteiger partial charge in [0.05, 0.1) is 18.0 Å². The molecular weight excluding hydrogens is 404 g/mol. The molecule has 0 saturated carbocycles. The number of sulfonamides is 1. The van der Waals surface area contributed by atoms with Crippen LogP contribution in [0.15, 0.2) is 59.5 Å². The number of benzene rings is 2. The summed E-state index contributed by atoms with van der Waals surface area (Å²) in [4.78, 5) is 25.7. The molecule has 1 heterocycles. The molecule has 1 aliphatic rings. The molecule has 1 saturated heterocycles. The van der Waals surface area contributed by atoms with E-state index in [0.29, 0.717) is 25.1 Å². The molecule has 0 N–H and O–H groups in total. The molecule has 1 fully saturated rings. The summed E-state index contributed by atoms with van der Waals surface area (Å²) in [5.74, 6) is -0.597. The van der Waals surface area contributed by atoms with Crippen LogP contribution < -0.4 is 4.90 Å². The maximum atomic E-state index is 13.5. The van der Waals surface area contributed by atoms with Crippen LogP contribution in [0.1, 0.15) is 37.8 Å². The van der Waals surface area contributed by atoms with Crippen LogP contribution in [0, 0.1) is 0 Å². The Hall–Kier alpha value is -2.71. The maximum Gasteiger partial charge on any atom is 0.321 e. The van der Waals surface area contributed by atoms with Crippen molar-refractivity contribution in [3.05, 3.63) is 60.2 Å². The second-order valence-corrected chi connectivity index (χ2v) is 8.99. The zero-order chi connectivity index (χ0) is 21.7. The molecule has 3 rings (SSSR count). The smallest absolute Gasteiger partial charge is 0.321 e. The minimum Gasteiger partial charge on any atom is -0.468 e. The summed E-state index contributed by atoms with van der Waals surface area (Å²) >= 11 is 0. The number of rotatable bonds is 8. The predicted octanol–water partition coefficient (Wildman–Crippen LogP) is 3.13. The Labute approximate surface area is 177 Å². The van der Waals surface area contributed by atoms with Gasteiger partial charge in [-0.25, -0.2) is 8.42 Å². The molecule has 2 aromatic rings. The molecule has 0 aromatic heterocycles. The van der Waals surface area contributed by atoms with Crippen LogP contribution in [0.3, 0.4) is 0 Å². The van der Waals surface area contributed by atoms with Crippen molar-refractivity contribution in [2.24, 2.45) is 0 Å². The number of hydrogen-bond acceptors (Lipinski definition) is 5. The van der Waals surface area contributed by atoms with Gasteiger partial charge in [0.2, 0.25) is 15.9 Å². The van der Waals surface area contributed by atoms with E-state index in [1.54, 1.807) is 17.0 Å². The quantitative estimate of drug-likeness (QED) is 0.601. The van der Waals surface area contributed by atoms with Gasteiger partial charge >= 0.3 is 5.97 Å². The van der Waals surface area contributed by atoms with Gasteiger partial charge in [0.25, 0.3) is 0 Å². The molecule has 2 aromatic carbocycles. The summed E-state index contributed by atoms with van der Waals surface area (Å²) < 4.78 is 32.9. The van der Waals surface area contributed by atoms with E-state index in [1.807, 2.05) is 37.3 Å². The summed E-state index contributed by atoms with van der Waals surface area (Å²) in [5.41, 5.74) is 1.47. The van der Waals surface area contributed by atoms with E-state index in [1.165, 1.54) is 23.5 Å². The number of anilines is 1. The van der Waals surface area contributed by atoms with E-state index in [2.05, 4.69) is 0 Å². The molecule has 1 atom stereocenters. The summed E-state index contributed by atoms with van der Waals surface area (Å²) in [6.07, 6.45) is 1.78. The second-order valence-electron chi connectivity index (χ2n) is 7.10. The molecule has 160 valence electrons. The number of methoxy groups -OCH3 is 1. The van der Waals surface area contributed by atoms with Crippen molar-refractivity contribution in [2.75, 3.05) is 25.1 Å². The van der Waals surface area contributed by atoms with Gasteiger partial charge in [-0.15, -0.1) is 0 Å². The van der Waals surface area contributed by atoms with Gasteiger partial charge in [-0.05, 0) is 42.7 Å². The third-order valence-corrected chi connectivity index (χ3v) is 7.13. The Balaban J connectivity index is 1.96. The van der Waals surface area contributed by atoms with E-state index < -0.39 is 28.6 Å². The highest BCUT2D eigenvalue weighted by atomic mass is 32.2. The molecule has 1 amide bonds. The van der Waals surface area contributed by atoms with E-state index in [4.69, 9.17) is 4.74 Å². The van der Waals surface area contributed by atoms with E-state index in [9.17, 15) is 18.0 Å². The Morgan fingerprint density at radius 1 is 1.13 bits per heavy atom. The molecule has 30 heavy (non-hydrogen) atoms. The van der Waals surface area contributed by atoms with Crippen molar-refractivity contribution in [3.63, 3.8) is 0 Å². The largest absolute Gasteiger partial charge is 0.468 e. The predicted molar refractivity (Wildman–Crippen MR) is 113 cm³/mol. The molecule has 0 bridgehead atoms. The third kappa shape index (κ3) is 4.55. The van der Waals surface area contributed by atoms with Gasteiger partial charge < -0.3 is 9.64 Å². The van der Waals surface area contributed by atoms with Crippen molar-refractivity contribution in [1.82, 2.24) is 4.31 Å². The van der Waals surface area contributed by atoms with Crippen molar-refractivity contribution in [3.8, 4) is 0 Å². The van der Waals surface area contributed by atoms with Crippen LogP contribution in [0.25, 0.3) is 0 Å². The van der Waals surface area contributed by atoms with E-state index in [-0.39, 0.29) is 10.8 Å². The molecule has 0 radical (unpaired) electrons. The van der Waals surface area contributed by atoms with Crippen LogP contribution in [-0.2, 0) is 24.3 Å². The lowest BCUT2D eigenvalue weighted by Gasteiger charge is -2.30. The zero-order valence-corrected chi connectivity index (χ0v) is 18.0. The SMILES string of the molecule is CC[C@H](c1ccccc1)N(CC(=O)OC)S(=O)(=O)c1ccc(N2CCCC2=O)cc1. The lowest BCUT2D eigenvalue weighted by atomic mass is 10.0. The molecule has 1 aliphatic heterocycles. The standard InChI is InChI=1S/C22H26N2O5S/c1-3-20(17-8-5-4-6-9-17)24(16-22(26)29-2)30(27,28)19-13-11-18(12-14-19)23-15-7-10-21(23)25/h4-6,8-9,11-14,20H,3,7,10,15-16H2,1-2H3/t20-/m1/s1. The number of nitrogens with zero attached hydrogens (tertiary/aromatic N) is 2. The maximum absolute atomic E-state index is 13.5. The number of hydrogen-bond donors (Lipinski definition) is 0. The average Bonchev–Trinajstić information content (AvgIpc) is 3.20. The minimum absolute atomic E-state index is 0.0352. The second kappa shape index (κ2) is 9.40. The molecule has 7 nitrogen and oxygen atoms in total. The molecule has 8 heteroatoms. The van der Waals surface area contributed by atoms with Crippen LogP contribution in [0.4, 0.5) is 5.69 Å². The molecule has 0 aliphatic carbocycles. The van der Waals surface area contributed by atoms with Crippen molar-refractivity contribution < 1.29 is 22.7 Å². The van der Waals surface area contributed by atoms with Crippen molar-refractivity contribution >= 4 is 27.6 Å². The van der Waals surface area contributed by atoms with Crippen LogP contribution in [0.2, 0.25) is 0 Å². The van der Waals surface area contributed by atoms with Crippen LogP contribution in [0.5, 0.6) is 0 Å². The van der Waals surface area contributed by atoms with E-state index >= 15 is 0 Å². The van der Waals surface area contributed by atoms with Crippen LogP contribution >= 0.6 is 0 Å².